The van der Waals surface area contributed by atoms with Gasteiger partial charge in [-0.25, -0.2) is 0 Å². The van der Waals surface area contributed by atoms with Crippen molar-refractivity contribution in [2.45, 2.75) is 32.6 Å². The van der Waals surface area contributed by atoms with Crippen LogP contribution in [-0.4, -0.2) is 48.1 Å². The molecule has 0 aromatic heterocycles. The molecular weight excluding hydrogens is 292 g/mol. The van der Waals surface area contributed by atoms with Crippen molar-refractivity contribution in [3.8, 4) is 0 Å². The number of piperidine rings is 1. The van der Waals surface area contributed by atoms with Gasteiger partial charge in [-0.05, 0) is 43.7 Å². The van der Waals surface area contributed by atoms with Crippen molar-refractivity contribution in [3.05, 3.63) is 29.8 Å². The quantitative estimate of drug-likeness (QED) is 0.869. The molecule has 2 aliphatic heterocycles. The first-order chi connectivity index (χ1) is 11.0. The van der Waals surface area contributed by atoms with Gasteiger partial charge in [-0.2, -0.15) is 0 Å². The van der Waals surface area contributed by atoms with Gasteiger partial charge in [0.05, 0.1) is 0 Å². The van der Waals surface area contributed by atoms with E-state index in [2.05, 4.69) is 36.1 Å². The first-order valence-electron chi connectivity index (χ1n) is 8.29. The largest absolute Gasteiger partial charge is 0.481 e. The van der Waals surface area contributed by atoms with Crippen molar-refractivity contribution in [1.82, 2.24) is 4.90 Å². The molecule has 0 bridgehead atoms. The van der Waals surface area contributed by atoms with Gasteiger partial charge >= 0.3 is 5.97 Å². The zero-order valence-corrected chi connectivity index (χ0v) is 13.6. The van der Waals surface area contributed by atoms with E-state index in [0.717, 1.165) is 32.4 Å². The molecule has 5 nitrogen and oxygen atoms in total. The molecule has 0 radical (unpaired) electrons. The second kappa shape index (κ2) is 6.22. The van der Waals surface area contributed by atoms with Gasteiger partial charge in [0, 0.05) is 31.9 Å². The van der Waals surface area contributed by atoms with E-state index < -0.39 is 5.97 Å². The molecule has 1 aromatic rings. The van der Waals surface area contributed by atoms with Crippen LogP contribution in [0.5, 0.6) is 0 Å². The molecule has 2 fully saturated rings. The van der Waals surface area contributed by atoms with E-state index in [0.29, 0.717) is 13.1 Å². The number of amides is 1. The normalized spacial score (nSPS) is 20.0. The molecule has 0 atom stereocenters. The third-order valence-electron chi connectivity index (χ3n) is 5.32. The summed E-state index contributed by atoms with van der Waals surface area (Å²) in [5.41, 5.74) is 2.83. The molecule has 124 valence electrons. The number of nitrogens with zero attached hydrogens (tertiary/aromatic N) is 2. The van der Waals surface area contributed by atoms with E-state index in [1.165, 1.54) is 11.3 Å². The maximum absolute atomic E-state index is 11.9. The molecule has 2 saturated heterocycles. The van der Waals surface area contributed by atoms with Gasteiger partial charge in [0.25, 0.3) is 0 Å². The zero-order valence-electron chi connectivity index (χ0n) is 13.6. The summed E-state index contributed by atoms with van der Waals surface area (Å²) in [5.74, 6) is -1.29. The summed E-state index contributed by atoms with van der Waals surface area (Å²) >= 11 is 0. The topological polar surface area (TPSA) is 60.9 Å². The molecule has 1 N–H and O–H groups in total. The number of aryl methyl sites for hydroxylation is 1. The van der Waals surface area contributed by atoms with Gasteiger partial charge < -0.3 is 14.9 Å². The fourth-order valence-corrected chi connectivity index (χ4v) is 3.79. The minimum Gasteiger partial charge on any atom is -0.481 e. The molecule has 1 spiro atoms. The molecular formula is C18H24N2O3. The fraction of sp³-hybridized carbons (Fsp3) is 0.556. The van der Waals surface area contributed by atoms with Crippen LogP contribution >= 0.6 is 0 Å². The Bertz CT molecular complexity index is 589. The lowest BCUT2D eigenvalue weighted by Gasteiger charge is -2.39. The van der Waals surface area contributed by atoms with Gasteiger partial charge in [-0.3, -0.25) is 9.59 Å². The minimum absolute atomic E-state index is 0.249. The summed E-state index contributed by atoms with van der Waals surface area (Å²) in [7, 11) is 0. The maximum Gasteiger partial charge on any atom is 0.312 e. The van der Waals surface area contributed by atoms with Gasteiger partial charge in [0.2, 0.25) is 5.91 Å². The van der Waals surface area contributed by atoms with Crippen molar-refractivity contribution in [3.63, 3.8) is 0 Å². The first kappa shape index (κ1) is 15.8. The van der Waals surface area contributed by atoms with Crippen molar-refractivity contribution >= 4 is 17.6 Å². The molecule has 0 saturated carbocycles. The molecule has 2 aliphatic rings. The molecule has 3 rings (SSSR count). The summed E-state index contributed by atoms with van der Waals surface area (Å²) < 4.78 is 0. The summed E-state index contributed by atoms with van der Waals surface area (Å²) in [6.45, 7) is 5.57. The average Bonchev–Trinajstić information content (AvgIpc) is 2.92. The van der Waals surface area contributed by atoms with Crippen LogP contribution in [0.3, 0.4) is 0 Å². The highest BCUT2D eigenvalue weighted by molar-refractivity contribution is 5.93. The van der Waals surface area contributed by atoms with Crippen molar-refractivity contribution in [1.29, 1.82) is 0 Å². The number of carbonyl (C=O) groups excluding carboxylic acids is 1. The SMILES string of the molecule is Cc1ccc(N2CCC3(CCN(C(=O)CC(=O)O)CC3)C2)cc1. The number of carboxylic acid groups (broad SMARTS) is 1. The van der Waals surface area contributed by atoms with Gasteiger partial charge in [0.1, 0.15) is 6.42 Å². The molecule has 2 heterocycles. The van der Waals surface area contributed by atoms with E-state index in [4.69, 9.17) is 5.11 Å². The van der Waals surface area contributed by atoms with Crippen LogP contribution in [0, 0.1) is 12.3 Å². The van der Waals surface area contributed by atoms with Gasteiger partial charge in [-0.15, -0.1) is 0 Å². The first-order valence-corrected chi connectivity index (χ1v) is 8.29. The van der Waals surface area contributed by atoms with Crippen molar-refractivity contribution in [2.75, 3.05) is 31.1 Å². The maximum atomic E-state index is 11.9. The standard InChI is InChI=1S/C18H24N2O3/c1-14-2-4-15(5-3-14)20-11-8-18(13-20)6-9-19(10-7-18)16(21)12-17(22)23/h2-5H,6-13H2,1H3,(H,22,23). The lowest BCUT2D eigenvalue weighted by Crippen LogP contribution is -2.44. The smallest absolute Gasteiger partial charge is 0.312 e. The number of rotatable bonds is 3. The van der Waals surface area contributed by atoms with E-state index in [-0.39, 0.29) is 17.7 Å². The third kappa shape index (κ3) is 3.49. The monoisotopic (exact) mass is 316 g/mol. The van der Waals surface area contributed by atoms with Gasteiger partial charge in [-0.1, -0.05) is 17.7 Å². The minimum atomic E-state index is -1.04. The predicted molar refractivity (Wildman–Crippen MR) is 88.5 cm³/mol. The number of hydrogen-bond acceptors (Lipinski definition) is 3. The highest BCUT2D eigenvalue weighted by Crippen LogP contribution is 2.41. The van der Waals surface area contributed by atoms with Crippen LogP contribution in [0.2, 0.25) is 0 Å². The Kier molecular flexibility index (Phi) is 4.28. The number of anilines is 1. The predicted octanol–water partition coefficient (Wildman–Crippen LogP) is 2.29. The van der Waals surface area contributed by atoms with E-state index in [1.54, 1.807) is 4.90 Å². The lowest BCUT2D eigenvalue weighted by atomic mass is 9.77. The number of benzene rings is 1. The molecule has 23 heavy (non-hydrogen) atoms. The second-order valence-electron chi connectivity index (χ2n) is 6.96. The number of hydrogen-bond donors (Lipinski definition) is 1. The molecule has 1 amide bonds. The Balaban J connectivity index is 1.58. The molecule has 5 heteroatoms. The molecule has 0 aliphatic carbocycles. The number of aliphatic carboxylic acids is 1. The highest BCUT2D eigenvalue weighted by atomic mass is 16.4. The Labute approximate surface area is 136 Å². The van der Waals surface area contributed by atoms with Crippen LogP contribution in [0.25, 0.3) is 0 Å². The lowest BCUT2D eigenvalue weighted by molar-refractivity contribution is -0.145. The van der Waals surface area contributed by atoms with Crippen molar-refractivity contribution in [2.24, 2.45) is 5.41 Å². The average molecular weight is 316 g/mol. The number of carbonyl (C=O) groups is 2. The summed E-state index contributed by atoms with van der Waals surface area (Å²) in [6.07, 6.45) is 2.71. The zero-order chi connectivity index (χ0) is 16.4. The Morgan fingerprint density at radius 2 is 1.70 bits per heavy atom. The fourth-order valence-electron chi connectivity index (χ4n) is 3.79. The van der Waals surface area contributed by atoms with Crippen LogP contribution in [-0.2, 0) is 9.59 Å². The van der Waals surface area contributed by atoms with Gasteiger partial charge in [0.15, 0.2) is 0 Å². The third-order valence-corrected chi connectivity index (χ3v) is 5.32. The van der Waals surface area contributed by atoms with Crippen LogP contribution in [0.1, 0.15) is 31.2 Å². The second-order valence-corrected chi connectivity index (χ2v) is 6.96. The van der Waals surface area contributed by atoms with Crippen molar-refractivity contribution < 1.29 is 14.7 Å². The Hall–Kier alpha value is -2.04. The summed E-state index contributed by atoms with van der Waals surface area (Å²) in [6, 6.07) is 8.65. The summed E-state index contributed by atoms with van der Waals surface area (Å²) in [5, 5.41) is 8.75. The Morgan fingerprint density at radius 1 is 1.09 bits per heavy atom. The van der Waals surface area contributed by atoms with Crippen LogP contribution in [0.4, 0.5) is 5.69 Å². The number of carboxylic acids is 1. The molecule has 0 unspecified atom stereocenters. The number of likely N-dealkylation sites (tertiary alicyclic amines) is 1. The van der Waals surface area contributed by atoms with E-state index >= 15 is 0 Å². The van der Waals surface area contributed by atoms with Crippen LogP contribution < -0.4 is 4.90 Å². The summed E-state index contributed by atoms with van der Waals surface area (Å²) in [4.78, 5) is 26.7. The highest BCUT2D eigenvalue weighted by Gasteiger charge is 2.41. The van der Waals surface area contributed by atoms with E-state index in [1.807, 2.05) is 0 Å². The molecule has 1 aromatic carbocycles. The Morgan fingerprint density at radius 3 is 2.30 bits per heavy atom. The van der Waals surface area contributed by atoms with Crippen LogP contribution in [0.15, 0.2) is 24.3 Å². The van der Waals surface area contributed by atoms with E-state index in [9.17, 15) is 9.59 Å².